The molecule has 0 bridgehead atoms. The number of hydrogen-bond acceptors (Lipinski definition) is 3. The van der Waals surface area contributed by atoms with Crippen molar-refractivity contribution in [1.29, 1.82) is 0 Å². The molecule has 0 aromatic heterocycles. The van der Waals surface area contributed by atoms with Gasteiger partial charge in [0, 0.05) is 12.8 Å². The van der Waals surface area contributed by atoms with Gasteiger partial charge >= 0.3 is 5.97 Å². The monoisotopic (exact) mass is 234 g/mol. The SMILES string of the molecule is CCCC(C)COC(=O)CCCC(=O)Cl. The first-order valence-corrected chi connectivity index (χ1v) is 5.78. The lowest BCUT2D eigenvalue weighted by Crippen LogP contribution is -2.11. The predicted molar refractivity (Wildman–Crippen MR) is 59.7 cm³/mol. The highest BCUT2D eigenvalue weighted by molar-refractivity contribution is 6.63. The normalized spacial score (nSPS) is 12.2. The van der Waals surface area contributed by atoms with Crippen LogP contribution in [0.25, 0.3) is 0 Å². The number of ether oxygens (including phenoxy) is 1. The van der Waals surface area contributed by atoms with Gasteiger partial charge in [-0.1, -0.05) is 20.3 Å². The van der Waals surface area contributed by atoms with Crippen LogP contribution in [-0.4, -0.2) is 17.8 Å². The summed E-state index contributed by atoms with van der Waals surface area (Å²) in [5.41, 5.74) is 0. The van der Waals surface area contributed by atoms with Crippen LogP contribution in [0.15, 0.2) is 0 Å². The Hall–Kier alpha value is -0.570. The summed E-state index contributed by atoms with van der Waals surface area (Å²) in [4.78, 5) is 21.5. The zero-order chi connectivity index (χ0) is 11.7. The standard InChI is InChI=1S/C11H19ClO3/c1-3-5-9(2)8-15-11(14)7-4-6-10(12)13/h9H,3-8H2,1-2H3. The van der Waals surface area contributed by atoms with Gasteiger partial charge in [0.15, 0.2) is 0 Å². The fourth-order valence-corrected chi connectivity index (χ4v) is 1.39. The summed E-state index contributed by atoms with van der Waals surface area (Å²) in [6.07, 6.45) is 3.15. The molecule has 3 nitrogen and oxygen atoms in total. The topological polar surface area (TPSA) is 43.4 Å². The summed E-state index contributed by atoms with van der Waals surface area (Å²) in [5, 5.41) is -0.401. The predicted octanol–water partition coefficient (Wildman–Crippen LogP) is 2.90. The van der Waals surface area contributed by atoms with Crippen molar-refractivity contribution in [3.05, 3.63) is 0 Å². The van der Waals surface area contributed by atoms with Crippen molar-refractivity contribution in [2.75, 3.05) is 6.61 Å². The number of hydrogen-bond donors (Lipinski definition) is 0. The van der Waals surface area contributed by atoms with Crippen molar-refractivity contribution < 1.29 is 14.3 Å². The van der Waals surface area contributed by atoms with Gasteiger partial charge in [0.1, 0.15) is 0 Å². The van der Waals surface area contributed by atoms with E-state index in [1.807, 2.05) is 0 Å². The van der Waals surface area contributed by atoms with Crippen molar-refractivity contribution in [2.24, 2.45) is 5.92 Å². The van der Waals surface area contributed by atoms with Gasteiger partial charge in [-0.2, -0.15) is 0 Å². The molecular formula is C11H19ClO3. The molecule has 0 aliphatic carbocycles. The van der Waals surface area contributed by atoms with Gasteiger partial charge in [-0.3, -0.25) is 9.59 Å². The van der Waals surface area contributed by atoms with E-state index < -0.39 is 5.24 Å². The van der Waals surface area contributed by atoms with E-state index >= 15 is 0 Å². The number of esters is 1. The van der Waals surface area contributed by atoms with Crippen molar-refractivity contribution in [3.63, 3.8) is 0 Å². The van der Waals surface area contributed by atoms with Crippen LogP contribution >= 0.6 is 11.6 Å². The molecule has 4 heteroatoms. The summed E-state index contributed by atoms with van der Waals surface area (Å²) in [5.74, 6) is 0.171. The van der Waals surface area contributed by atoms with Gasteiger partial charge in [0.25, 0.3) is 0 Å². The third kappa shape index (κ3) is 9.73. The van der Waals surface area contributed by atoms with E-state index in [-0.39, 0.29) is 18.8 Å². The highest BCUT2D eigenvalue weighted by atomic mass is 35.5. The molecule has 0 heterocycles. The van der Waals surface area contributed by atoms with Crippen LogP contribution in [0.3, 0.4) is 0 Å². The zero-order valence-corrected chi connectivity index (χ0v) is 10.2. The molecule has 0 aliphatic heterocycles. The maximum Gasteiger partial charge on any atom is 0.305 e. The van der Waals surface area contributed by atoms with Crippen LogP contribution in [0.2, 0.25) is 0 Å². The number of rotatable bonds is 8. The van der Waals surface area contributed by atoms with E-state index in [0.29, 0.717) is 18.9 Å². The molecule has 0 N–H and O–H groups in total. The molecule has 0 spiro atoms. The molecule has 0 aliphatic rings. The Balaban J connectivity index is 3.44. The molecular weight excluding hydrogens is 216 g/mol. The fourth-order valence-electron chi connectivity index (χ4n) is 1.26. The van der Waals surface area contributed by atoms with E-state index in [9.17, 15) is 9.59 Å². The number of carbonyl (C=O) groups excluding carboxylic acids is 2. The number of carbonyl (C=O) groups is 2. The van der Waals surface area contributed by atoms with Gasteiger partial charge in [0.2, 0.25) is 5.24 Å². The van der Waals surface area contributed by atoms with Crippen molar-refractivity contribution in [2.45, 2.75) is 46.0 Å². The highest BCUT2D eigenvalue weighted by Crippen LogP contribution is 2.07. The van der Waals surface area contributed by atoms with Crippen molar-refractivity contribution in [3.8, 4) is 0 Å². The minimum Gasteiger partial charge on any atom is -0.465 e. The molecule has 15 heavy (non-hydrogen) atoms. The molecule has 0 fully saturated rings. The first kappa shape index (κ1) is 14.4. The van der Waals surface area contributed by atoms with Crippen LogP contribution in [0, 0.1) is 5.92 Å². The number of halogens is 1. The van der Waals surface area contributed by atoms with Crippen LogP contribution in [-0.2, 0) is 14.3 Å². The molecule has 0 saturated heterocycles. The Kier molecular flexibility index (Phi) is 8.38. The Labute approximate surface area is 96.1 Å². The summed E-state index contributed by atoms with van der Waals surface area (Å²) in [6.45, 7) is 4.63. The lowest BCUT2D eigenvalue weighted by atomic mass is 10.1. The van der Waals surface area contributed by atoms with Gasteiger partial charge in [-0.25, -0.2) is 0 Å². The zero-order valence-electron chi connectivity index (χ0n) is 9.42. The molecule has 88 valence electrons. The summed E-state index contributed by atoms with van der Waals surface area (Å²) in [7, 11) is 0. The molecule has 0 saturated carbocycles. The lowest BCUT2D eigenvalue weighted by molar-refractivity contribution is -0.145. The summed E-state index contributed by atoms with van der Waals surface area (Å²) in [6, 6.07) is 0. The molecule has 1 unspecified atom stereocenters. The van der Waals surface area contributed by atoms with Crippen LogP contribution < -0.4 is 0 Å². The third-order valence-corrected chi connectivity index (χ3v) is 2.25. The summed E-state index contributed by atoms with van der Waals surface area (Å²) < 4.78 is 5.04. The van der Waals surface area contributed by atoms with Gasteiger partial charge in [-0.15, -0.1) is 0 Å². The largest absolute Gasteiger partial charge is 0.465 e. The second-order valence-electron chi connectivity index (χ2n) is 3.79. The van der Waals surface area contributed by atoms with E-state index in [1.54, 1.807) is 0 Å². The quantitative estimate of drug-likeness (QED) is 0.479. The Bertz CT molecular complexity index is 204. The maximum absolute atomic E-state index is 11.2. The molecule has 0 radical (unpaired) electrons. The second kappa shape index (κ2) is 8.72. The minimum absolute atomic E-state index is 0.237. The van der Waals surface area contributed by atoms with Crippen molar-refractivity contribution >= 4 is 22.8 Å². The minimum atomic E-state index is -0.401. The Morgan fingerprint density at radius 3 is 2.53 bits per heavy atom. The van der Waals surface area contributed by atoms with E-state index in [2.05, 4.69) is 13.8 Å². The first-order valence-electron chi connectivity index (χ1n) is 5.40. The molecule has 0 aromatic rings. The molecule has 0 aromatic carbocycles. The van der Waals surface area contributed by atoms with Crippen LogP contribution in [0.4, 0.5) is 0 Å². The van der Waals surface area contributed by atoms with Crippen molar-refractivity contribution in [1.82, 2.24) is 0 Å². The summed E-state index contributed by atoms with van der Waals surface area (Å²) >= 11 is 5.14. The van der Waals surface area contributed by atoms with Crippen LogP contribution in [0.5, 0.6) is 0 Å². The average molecular weight is 235 g/mol. The third-order valence-electron chi connectivity index (χ3n) is 2.06. The van der Waals surface area contributed by atoms with Gasteiger partial charge in [-0.05, 0) is 30.4 Å². The maximum atomic E-state index is 11.2. The fraction of sp³-hybridized carbons (Fsp3) is 0.818. The van der Waals surface area contributed by atoms with E-state index in [0.717, 1.165) is 12.8 Å². The van der Waals surface area contributed by atoms with E-state index in [4.69, 9.17) is 16.3 Å². The first-order chi connectivity index (χ1) is 7.06. The van der Waals surface area contributed by atoms with E-state index in [1.165, 1.54) is 0 Å². The Morgan fingerprint density at radius 2 is 2.00 bits per heavy atom. The smallest absolute Gasteiger partial charge is 0.305 e. The second-order valence-corrected chi connectivity index (χ2v) is 4.21. The molecule has 0 rings (SSSR count). The lowest BCUT2D eigenvalue weighted by Gasteiger charge is -2.10. The van der Waals surface area contributed by atoms with Crippen LogP contribution in [0.1, 0.15) is 46.0 Å². The van der Waals surface area contributed by atoms with Gasteiger partial charge < -0.3 is 4.74 Å². The van der Waals surface area contributed by atoms with Gasteiger partial charge in [0.05, 0.1) is 6.61 Å². The Morgan fingerprint density at radius 1 is 1.33 bits per heavy atom. The molecule has 0 amide bonds. The highest BCUT2D eigenvalue weighted by Gasteiger charge is 2.07. The average Bonchev–Trinajstić information content (AvgIpc) is 2.14. The molecule has 1 atom stereocenters.